The maximum absolute atomic E-state index is 13.8. The zero-order valence-electron chi connectivity index (χ0n) is 21.5. The van der Waals surface area contributed by atoms with Crippen molar-refractivity contribution in [2.45, 2.75) is 62.9 Å². The van der Waals surface area contributed by atoms with Gasteiger partial charge in [-0.25, -0.2) is 0 Å². The van der Waals surface area contributed by atoms with Crippen LogP contribution >= 0.6 is 35.0 Å². The van der Waals surface area contributed by atoms with Crippen molar-refractivity contribution in [3.05, 3.63) is 106 Å². The van der Waals surface area contributed by atoms with Crippen molar-refractivity contribution in [2.24, 2.45) is 0 Å². The molecule has 1 aliphatic carbocycles. The lowest BCUT2D eigenvalue weighted by Gasteiger charge is -2.33. The maximum atomic E-state index is 13.8. The van der Waals surface area contributed by atoms with E-state index in [1.54, 1.807) is 4.90 Å². The first kappa shape index (κ1) is 28.5. The van der Waals surface area contributed by atoms with E-state index in [1.165, 1.54) is 18.2 Å². The Morgan fingerprint density at radius 2 is 1.55 bits per heavy atom. The van der Waals surface area contributed by atoms with Gasteiger partial charge in [-0.15, -0.1) is 11.8 Å². The molecule has 4 rings (SSSR count). The van der Waals surface area contributed by atoms with E-state index in [2.05, 4.69) is 5.32 Å². The number of halogens is 2. The summed E-state index contributed by atoms with van der Waals surface area (Å²) < 4.78 is 0. The molecular formula is C31H34Cl2N2O2S. The third kappa shape index (κ3) is 8.79. The largest absolute Gasteiger partial charge is 0.352 e. The molecule has 3 aromatic carbocycles. The van der Waals surface area contributed by atoms with Crippen molar-refractivity contribution in [3.63, 3.8) is 0 Å². The average Bonchev–Trinajstić information content (AvgIpc) is 2.93. The first-order valence-corrected chi connectivity index (χ1v) is 15.1. The Morgan fingerprint density at radius 3 is 2.26 bits per heavy atom. The molecule has 4 nitrogen and oxygen atoms in total. The minimum absolute atomic E-state index is 0.0632. The van der Waals surface area contributed by atoms with E-state index in [4.69, 9.17) is 23.2 Å². The van der Waals surface area contributed by atoms with Crippen molar-refractivity contribution >= 4 is 46.8 Å². The van der Waals surface area contributed by atoms with Gasteiger partial charge in [-0.2, -0.15) is 0 Å². The Hall–Kier alpha value is -2.47. The third-order valence-electron chi connectivity index (χ3n) is 6.87. The molecule has 1 fully saturated rings. The Labute approximate surface area is 240 Å². The van der Waals surface area contributed by atoms with Crippen molar-refractivity contribution in [2.75, 3.05) is 5.75 Å². The number of rotatable bonds is 11. The molecule has 2 amide bonds. The van der Waals surface area contributed by atoms with Gasteiger partial charge in [-0.3, -0.25) is 9.59 Å². The number of nitrogens with one attached hydrogen (secondary N) is 1. The molecule has 0 bridgehead atoms. The van der Waals surface area contributed by atoms with Gasteiger partial charge in [0.2, 0.25) is 11.8 Å². The minimum Gasteiger partial charge on any atom is -0.352 e. The lowest BCUT2D eigenvalue weighted by molar-refractivity contribution is -0.139. The van der Waals surface area contributed by atoms with Crippen LogP contribution in [0.5, 0.6) is 0 Å². The second-order valence-corrected chi connectivity index (χ2v) is 11.7. The predicted molar refractivity (Wildman–Crippen MR) is 159 cm³/mol. The summed E-state index contributed by atoms with van der Waals surface area (Å²) in [4.78, 5) is 29.3. The lowest BCUT2D eigenvalue weighted by atomic mass is 9.94. The van der Waals surface area contributed by atoms with Crippen LogP contribution in [0.25, 0.3) is 0 Å². The molecule has 0 saturated heterocycles. The van der Waals surface area contributed by atoms with E-state index in [9.17, 15) is 9.59 Å². The summed E-state index contributed by atoms with van der Waals surface area (Å²) in [6.45, 7) is 0.337. The van der Waals surface area contributed by atoms with Crippen molar-refractivity contribution in [3.8, 4) is 0 Å². The van der Waals surface area contributed by atoms with Gasteiger partial charge in [0.25, 0.3) is 0 Å². The average molecular weight is 570 g/mol. The van der Waals surface area contributed by atoms with Crippen LogP contribution in [0.4, 0.5) is 0 Å². The van der Waals surface area contributed by atoms with E-state index in [0.29, 0.717) is 28.8 Å². The van der Waals surface area contributed by atoms with Crippen LogP contribution in [0.1, 0.15) is 48.8 Å². The molecule has 1 N–H and O–H groups in total. The Kier molecular flexibility index (Phi) is 11.0. The van der Waals surface area contributed by atoms with Crippen molar-refractivity contribution in [1.29, 1.82) is 0 Å². The summed E-state index contributed by atoms with van der Waals surface area (Å²) in [6.07, 6.45) is 5.90. The van der Waals surface area contributed by atoms with Crippen LogP contribution in [0, 0.1) is 0 Å². The molecule has 0 heterocycles. The van der Waals surface area contributed by atoms with Crippen molar-refractivity contribution < 1.29 is 9.59 Å². The standard InChI is InChI=1S/C31H34Cl2N2O2S/c32-26-16-14-24(15-17-26)20-35(30(36)22-38-21-25-10-7-11-27(33)18-25)29(19-23-8-3-1-4-9-23)31(37)34-28-12-5-2-6-13-28/h1,3-4,7-11,14-18,28-29H,2,5-6,12-13,19-22H2,(H,34,37)/t29-/m1/s1. The minimum atomic E-state index is -0.616. The first-order chi connectivity index (χ1) is 18.5. The summed E-state index contributed by atoms with van der Waals surface area (Å²) in [6, 6.07) is 24.6. The van der Waals surface area contributed by atoms with Gasteiger partial charge in [0.1, 0.15) is 6.04 Å². The summed E-state index contributed by atoms with van der Waals surface area (Å²) in [7, 11) is 0. The summed E-state index contributed by atoms with van der Waals surface area (Å²) in [5.41, 5.74) is 3.03. The summed E-state index contributed by atoms with van der Waals surface area (Å²) in [5, 5.41) is 4.60. The molecule has 0 unspecified atom stereocenters. The van der Waals surface area contributed by atoms with Gasteiger partial charge < -0.3 is 10.2 Å². The van der Waals surface area contributed by atoms with Gasteiger partial charge in [-0.05, 0) is 53.8 Å². The number of hydrogen-bond donors (Lipinski definition) is 1. The van der Waals surface area contributed by atoms with Gasteiger partial charge in [0.05, 0.1) is 5.75 Å². The first-order valence-electron chi connectivity index (χ1n) is 13.2. The van der Waals surface area contributed by atoms with E-state index < -0.39 is 6.04 Å². The molecule has 7 heteroatoms. The molecular weight excluding hydrogens is 535 g/mol. The van der Waals surface area contributed by atoms with Crippen molar-refractivity contribution in [1.82, 2.24) is 10.2 Å². The van der Waals surface area contributed by atoms with Gasteiger partial charge in [-0.1, -0.05) is 97.1 Å². The maximum Gasteiger partial charge on any atom is 0.243 e. The fourth-order valence-electron chi connectivity index (χ4n) is 4.85. The molecule has 0 radical (unpaired) electrons. The molecule has 0 spiro atoms. The van der Waals surface area contributed by atoms with Crippen LogP contribution < -0.4 is 5.32 Å². The van der Waals surface area contributed by atoms with Crippen LogP contribution in [0.2, 0.25) is 10.0 Å². The van der Waals surface area contributed by atoms with E-state index >= 15 is 0 Å². The zero-order chi connectivity index (χ0) is 26.7. The molecule has 3 aromatic rings. The number of carbonyl (C=O) groups excluding carboxylic acids is 2. The molecule has 38 heavy (non-hydrogen) atoms. The summed E-state index contributed by atoms with van der Waals surface area (Å²) in [5.74, 6) is 0.787. The smallest absolute Gasteiger partial charge is 0.243 e. The number of benzene rings is 3. The molecule has 200 valence electrons. The molecule has 1 saturated carbocycles. The normalized spacial score (nSPS) is 14.6. The van der Waals surface area contributed by atoms with Gasteiger partial charge in [0, 0.05) is 34.8 Å². The number of amides is 2. The second-order valence-electron chi connectivity index (χ2n) is 9.82. The lowest BCUT2D eigenvalue weighted by Crippen LogP contribution is -2.53. The predicted octanol–water partition coefficient (Wildman–Crippen LogP) is 7.32. The SMILES string of the molecule is O=C(NC1CCCCC1)[C@@H](Cc1ccccc1)N(Cc1ccc(Cl)cc1)C(=O)CSCc1cccc(Cl)c1. The monoisotopic (exact) mass is 568 g/mol. The number of carbonyl (C=O) groups is 2. The highest BCUT2D eigenvalue weighted by molar-refractivity contribution is 7.99. The van der Waals surface area contributed by atoms with E-state index in [0.717, 1.165) is 42.4 Å². The quantitative estimate of drug-likeness (QED) is 0.263. The summed E-state index contributed by atoms with van der Waals surface area (Å²) >= 11 is 13.8. The number of thioether (sulfide) groups is 1. The topological polar surface area (TPSA) is 49.4 Å². The highest BCUT2D eigenvalue weighted by Gasteiger charge is 2.31. The second kappa shape index (κ2) is 14.6. The third-order valence-corrected chi connectivity index (χ3v) is 8.35. The number of hydrogen-bond acceptors (Lipinski definition) is 3. The highest BCUT2D eigenvalue weighted by Crippen LogP contribution is 2.22. The fourth-order valence-corrected chi connectivity index (χ4v) is 6.05. The van der Waals surface area contributed by atoms with Gasteiger partial charge >= 0.3 is 0 Å². The van der Waals surface area contributed by atoms with Crippen LogP contribution in [-0.4, -0.2) is 34.6 Å². The molecule has 0 aromatic heterocycles. The van der Waals surface area contributed by atoms with E-state index in [-0.39, 0.29) is 23.6 Å². The Bertz CT molecular complexity index is 1180. The molecule has 1 atom stereocenters. The van der Waals surface area contributed by atoms with E-state index in [1.807, 2.05) is 78.9 Å². The molecule has 0 aliphatic heterocycles. The van der Waals surface area contributed by atoms with Crippen LogP contribution in [0.3, 0.4) is 0 Å². The Morgan fingerprint density at radius 1 is 0.842 bits per heavy atom. The Balaban J connectivity index is 1.56. The highest BCUT2D eigenvalue weighted by atomic mass is 35.5. The molecule has 1 aliphatic rings. The van der Waals surface area contributed by atoms with Gasteiger partial charge in [0.15, 0.2) is 0 Å². The van der Waals surface area contributed by atoms with Crippen LogP contribution in [0.15, 0.2) is 78.9 Å². The fraction of sp³-hybridized carbons (Fsp3) is 0.355. The number of nitrogens with zero attached hydrogens (tertiary/aromatic N) is 1. The zero-order valence-corrected chi connectivity index (χ0v) is 23.8. The van der Waals surface area contributed by atoms with Crippen LogP contribution in [-0.2, 0) is 28.3 Å².